The molecule has 1 aliphatic rings. The van der Waals surface area contributed by atoms with Crippen molar-refractivity contribution in [3.63, 3.8) is 0 Å². The summed E-state index contributed by atoms with van der Waals surface area (Å²) in [5.41, 5.74) is 6.06. The number of nitrogens with one attached hydrogen (secondary N) is 3. The third kappa shape index (κ3) is 2.98. The maximum atomic E-state index is 12.0. The van der Waals surface area contributed by atoms with Crippen molar-refractivity contribution in [1.29, 1.82) is 0 Å². The highest BCUT2D eigenvalue weighted by molar-refractivity contribution is 5.98. The van der Waals surface area contributed by atoms with Crippen molar-refractivity contribution >= 4 is 17.4 Å². The normalized spacial score (nSPS) is 21.4. The first-order valence-corrected chi connectivity index (χ1v) is 6.03. The molecule has 0 aromatic heterocycles. The largest absolute Gasteiger partial charge is 0.324 e. The van der Waals surface area contributed by atoms with Crippen LogP contribution in [0, 0.1) is 10.1 Å². The van der Waals surface area contributed by atoms with Gasteiger partial charge in [0.1, 0.15) is 0 Å². The highest BCUT2D eigenvalue weighted by Crippen LogP contribution is 2.13. The second-order valence-corrected chi connectivity index (χ2v) is 4.48. The number of hydrazine groups is 1. The van der Waals surface area contributed by atoms with Crippen molar-refractivity contribution in [3.05, 3.63) is 39.9 Å². The quantitative estimate of drug-likeness (QED) is 0.404. The summed E-state index contributed by atoms with van der Waals surface area (Å²) in [6, 6.07) is 4.44. The maximum absolute atomic E-state index is 12.0. The molecule has 0 aliphatic carbocycles. The first-order chi connectivity index (χ1) is 9.49. The number of carbonyl (C=O) groups is 2. The molecule has 1 heterocycles. The van der Waals surface area contributed by atoms with Gasteiger partial charge in [0, 0.05) is 16.2 Å². The first-order valence-electron chi connectivity index (χ1n) is 6.03. The van der Waals surface area contributed by atoms with Gasteiger partial charge in [0.15, 0.2) is 11.8 Å². The van der Waals surface area contributed by atoms with Crippen LogP contribution in [-0.4, -0.2) is 35.2 Å². The van der Waals surface area contributed by atoms with Crippen molar-refractivity contribution in [2.24, 2.45) is 0 Å². The second kappa shape index (κ2) is 5.76. The van der Waals surface area contributed by atoms with Crippen LogP contribution < -0.4 is 16.2 Å². The average molecular weight is 278 g/mol. The summed E-state index contributed by atoms with van der Waals surface area (Å²) in [4.78, 5) is 33.6. The van der Waals surface area contributed by atoms with Crippen LogP contribution in [0.15, 0.2) is 24.3 Å². The maximum Gasteiger partial charge on any atom is 0.252 e. The lowest BCUT2D eigenvalue weighted by atomic mass is 10.1. The number of nitro groups is 1. The summed E-state index contributed by atoms with van der Waals surface area (Å²) >= 11 is 0. The van der Waals surface area contributed by atoms with Crippen LogP contribution in [0.3, 0.4) is 0 Å². The smallest absolute Gasteiger partial charge is 0.252 e. The van der Waals surface area contributed by atoms with Gasteiger partial charge in [0.25, 0.3) is 6.04 Å². The van der Waals surface area contributed by atoms with Gasteiger partial charge in [-0.2, -0.15) is 0 Å². The van der Waals surface area contributed by atoms with Gasteiger partial charge in [0.05, 0.1) is 6.54 Å². The average Bonchev–Trinajstić information content (AvgIpc) is 2.88. The number of nitrogens with zero attached hydrogens (tertiary/aromatic N) is 1. The molecule has 1 aliphatic heterocycles. The van der Waals surface area contributed by atoms with E-state index in [-0.39, 0.29) is 12.3 Å². The lowest BCUT2D eigenvalue weighted by Crippen LogP contribution is -2.46. The predicted octanol–water partition coefficient (Wildman–Crippen LogP) is -0.0506. The molecule has 0 spiro atoms. The Balaban J connectivity index is 2.09. The molecule has 0 saturated carbocycles. The third-order valence-corrected chi connectivity index (χ3v) is 3.04. The molecule has 1 aromatic rings. The molecule has 3 N–H and O–H groups in total. The Morgan fingerprint density at radius 2 is 2.20 bits per heavy atom. The molecular formula is C12H14N4O4. The molecule has 8 nitrogen and oxygen atoms in total. The number of carbonyl (C=O) groups excluding carboxylic acids is 2. The Morgan fingerprint density at radius 3 is 2.85 bits per heavy atom. The van der Waals surface area contributed by atoms with Gasteiger partial charge in [-0.1, -0.05) is 12.1 Å². The highest BCUT2D eigenvalue weighted by atomic mass is 16.6. The van der Waals surface area contributed by atoms with Crippen LogP contribution in [-0.2, 0) is 4.79 Å². The Labute approximate surface area is 114 Å². The fraction of sp³-hybridized carbons (Fsp3) is 0.333. The van der Waals surface area contributed by atoms with Crippen LogP contribution in [0.5, 0.6) is 0 Å². The predicted molar refractivity (Wildman–Crippen MR) is 70.8 cm³/mol. The number of hydrogen-bond donors (Lipinski definition) is 3. The topological polar surface area (TPSA) is 113 Å². The molecule has 2 rings (SSSR count). The summed E-state index contributed by atoms with van der Waals surface area (Å²) < 4.78 is 0. The van der Waals surface area contributed by atoms with Gasteiger partial charge >= 0.3 is 0 Å². The molecule has 1 aromatic carbocycles. The Kier molecular flexibility index (Phi) is 4.06. The first kappa shape index (κ1) is 14.1. The lowest BCUT2D eigenvalue weighted by Gasteiger charge is -2.13. The van der Waals surface area contributed by atoms with Crippen molar-refractivity contribution in [1.82, 2.24) is 10.9 Å². The number of ketones is 1. The number of Topliss-reactive ketones (excluding diaryl/α,β-unsaturated/α-hetero) is 1. The molecule has 2 unspecified atom stereocenters. The van der Waals surface area contributed by atoms with Gasteiger partial charge in [0.2, 0.25) is 5.91 Å². The fourth-order valence-corrected chi connectivity index (χ4v) is 1.96. The third-order valence-electron chi connectivity index (χ3n) is 3.04. The Bertz CT molecular complexity index is 560. The van der Waals surface area contributed by atoms with E-state index in [2.05, 4.69) is 16.2 Å². The molecule has 1 amide bonds. The van der Waals surface area contributed by atoms with Gasteiger partial charge in [-0.15, -0.1) is 0 Å². The van der Waals surface area contributed by atoms with Gasteiger partial charge in [-0.05, 0) is 19.1 Å². The zero-order valence-corrected chi connectivity index (χ0v) is 10.8. The van der Waals surface area contributed by atoms with Crippen molar-refractivity contribution in [3.8, 4) is 0 Å². The van der Waals surface area contributed by atoms with Crippen LogP contribution in [0.25, 0.3) is 0 Å². The van der Waals surface area contributed by atoms with E-state index in [0.717, 1.165) is 0 Å². The zero-order chi connectivity index (χ0) is 14.7. The van der Waals surface area contributed by atoms with Crippen molar-refractivity contribution in [2.75, 3.05) is 11.9 Å². The minimum absolute atomic E-state index is 0.0819. The zero-order valence-electron chi connectivity index (χ0n) is 10.8. The standard InChI is InChI=1S/C12H14N4O4/c1-7(17)8-3-2-4-9(5-8)14-12(18)11-10(16(19)20)6-13-15-11/h2-5,10-11,13,15H,6H2,1H3,(H,14,18). The molecule has 1 fully saturated rings. The van der Waals surface area contributed by atoms with E-state index in [0.29, 0.717) is 11.3 Å². The summed E-state index contributed by atoms with van der Waals surface area (Å²) in [5.74, 6) is -0.637. The van der Waals surface area contributed by atoms with E-state index in [1.165, 1.54) is 13.0 Å². The molecule has 106 valence electrons. The molecule has 0 bridgehead atoms. The number of anilines is 1. The van der Waals surface area contributed by atoms with Crippen LogP contribution >= 0.6 is 0 Å². The Morgan fingerprint density at radius 1 is 1.45 bits per heavy atom. The van der Waals surface area contributed by atoms with Crippen molar-refractivity contribution in [2.45, 2.75) is 19.0 Å². The minimum atomic E-state index is -1.02. The SMILES string of the molecule is CC(=O)c1cccc(NC(=O)C2NNCC2[N+](=O)[O-])c1. The molecule has 1 saturated heterocycles. The molecule has 8 heteroatoms. The van der Waals surface area contributed by atoms with Crippen LogP contribution in [0.2, 0.25) is 0 Å². The van der Waals surface area contributed by atoms with E-state index >= 15 is 0 Å². The Hall–Kier alpha value is -2.32. The molecule has 2 atom stereocenters. The van der Waals surface area contributed by atoms with Crippen LogP contribution in [0.4, 0.5) is 5.69 Å². The van der Waals surface area contributed by atoms with Gasteiger partial charge in [-0.25, -0.2) is 10.9 Å². The summed E-state index contributed by atoms with van der Waals surface area (Å²) in [5, 5.41) is 13.4. The minimum Gasteiger partial charge on any atom is -0.324 e. The van der Waals surface area contributed by atoms with Gasteiger partial charge in [-0.3, -0.25) is 19.7 Å². The molecular weight excluding hydrogens is 264 g/mol. The van der Waals surface area contributed by atoms with E-state index in [4.69, 9.17) is 0 Å². The second-order valence-electron chi connectivity index (χ2n) is 4.48. The molecule has 0 radical (unpaired) electrons. The molecule has 20 heavy (non-hydrogen) atoms. The van der Waals surface area contributed by atoms with E-state index in [1.54, 1.807) is 18.2 Å². The van der Waals surface area contributed by atoms with Crippen molar-refractivity contribution < 1.29 is 14.5 Å². The number of benzene rings is 1. The fourth-order valence-electron chi connectivity index (χ4n) is 1.96. The highest BCUT2D eigenvalue weighted by Gasteiger charge is 2.41. The summed E-state index contributed by atoms with van der Waals surface area (Å²) in [7, 11) is 0. The van der Waals surface area contributed by atoms with Crippen LogP contribution in [0.1, 0.15) is 17.3 Å². The van der Waals surface area contributed by atoms with E-state index in [1.807, 2.05) is 0 Å². The number of hydrogen-bond acceptors (Lipinski definition) is 6. The number of rotatable bonds is 4. The number of amides is 1. The lowest BCUT2D eigenvalue weighted by molar-refractivity contribution is -0.517. The summed E-state index contributed by atoms with van der Waals surface area (Å²) in [6.07, 6.45) is 0. The summed E-state index contributed by atoms with van der Waals surface area (Å²) in [6.45, 7) is 1.50. The van der Waals surface area contributed by atoms with E-state index in [9.17, 15) is 19.7 Å². The van der Waals surface area contributed by atoms with Gasteiger partial charge < -0.3 is 5.32 Å². The monoisotopic (exact) mass is 278 g/mol. The van der Waals surface area contributed by atoms with E-state index < -0.39 is 22.9 Å².